The Morgan fingerprint density at radius 2 is 2.00 bits per heavy atom. The molecule has 32 heavy (non-hydrogen) atoms. The second-order valence-electron chi connectivity index (χ2n) is 7.30. The highest BCUT2D eigenvalue weighted by molar-refractivity contribution is 8.18. The van der Waals surface area contributed by atoms with E-state index in [-0.39, 0.29) is 5.91 Å². The summed E-state index contributed by atoms with van der Waals surface area (Å²) in [5, 5.41) is 3.80. The third-order valence-corrected chi connectivity index (χ3v) is 7.62. The summed E-state index contributed by atoms with van der Waals surface area (Å²) < 4.78 is 26.8. The van der Waals surface area contributed by atoms with Gasteiger partial charge in [0, 0.05) is 11.6 Å². The number of amides is 1. The van der Waals surface area contributed by atoms with Crippen LogP contribution in [0.15, 0.2) is 64.6 Å². The van der Waals surface area contributed by atoms with E-state index in [0.717, 1.165) is 16.5 Å². The predicted octanol–water partition coefficient (Wildman–Crippen LogP) is 4.93. The topological polar surface area (TPSA) is 101 Å². The molecule has 0 saturated carbocycles. The Balaban J connectivity index is 1.59. The largest absolute Gasteiger partial charge is 0.300 e. The molecule has 0 unspecified atom stereocenters. The van der Waals surface area contributed by atoms with Crippen LogP contribution in [0.3, 0.4) is 0 Å². The highest BCUT2D eigenvalue weighted by atomic mass is 35.5. The number of carbonyl (C=O) groups excluding carboxylic acids is 1. The second-order valence-corrected chi connectivity index (χ2v) is 11.0. The van der Waals surface area contributed by atoms with Gasteiger partial charge in [0.15, 0.2) is 5.17 Å². The lowest BCUT2D eigenvalue weighted by atomic mass is 10.1. The molecule has 2 heterocycles. The molecule has 164 valence electrons. The number of benzene rings is 2. The van der Waals surface area contributed by atoms with Crippen molar-refractivity contribution in [1.29, 1.82) is 0 Å². The van der Waals surface area contributed by atoms with E-state index in [1.165, 1.54) is 17.8 Å². The van der Waals surface area contributed by atoms with E-state index in [4.69, 9.17) is 11.6 Å². The van der Waals surface area contributed by atoms with E-state index < -0.39 is 15.3 Å². The summed E-state index contributed by atoms with van der Waals surface area (Å²) in [5.41, 5.74) is 2.43. The summed E-state index contributed by atoms with van der Waals surface area (Å²) >= 11 is 7.42. The van der Waals surface area contributed by atoms with Crippen LogP contribution in [0, 0.1) is 0 Å². The van der Waals surface area contributed by atoms with Crippen LogP contribution >= 0.6 is 23.4 Å². The quantitative estimate of drug-likeness (QED) is 0.498. The van der Waals surface area contributed by atoms with Gasteiger partial charge in [-0.3, -0.25) is 14.5 Å². The van der Waals surface area contributed by atoms with E-state index in [1.54, 1.807) is 38.3 Å². The van der Waals surface area contributed by atoms with Gasteiger partial charge in [-0.1, -0.05) is 23.7 Å². The van der Waals surface area contributed by atoms with Crippen LogP contribution in [0.1, 0.15) is 19.4 Å². The van der Waals surface area contributed by atoms with E-state index >= 15 is 0 Å². The first-order valence-corrected chi connectivity index (χ1v) is 12.4. The molecule has 1 amide bonds. The number of aromatic nitrogens is 1. The van der Waals surface area contributed by atoms with Crippen LogP contribution < -0.4 is 10.0 Å². The van der Waals surface area contributed by atoms with Crippen molar-refractivity contribution in [2.24, 2.45) is 4.99 Å². The number of nitrogens with one attached hydrogen (secondary N) is 2. The van der Waals surface area contributed by atoms with Gasteiger partial charge < -0.3 is 5.32 Å². The first-order valence-electron chi connectivity index (χ1n) is 9.67. The lowest BCUT2D eigenvalue weighted by molar-refractivity contribution is -0.115. The van der Waals surface area contributed by atoms with Gasteiger partial charge in [-0.25, -0.2) is 13.4 Å². The molecular weight excluding hydrogens is 468 g/mol. The van der Waals surface area contributed by atoms with E-state index in [2.05, 4.69) is 20.0 Å². The summed E-state index contributed by atoms with van der Waals surface area (Å²) in [6.07, 6.45) is 3.52. The molecule has 0 spiro atoms. The molecule has 3 aromatic rings. The fourth-order valence-electron chi connectivity index (χ4n) is 2.87. The average Bonchev–Trinajstić information content (AvgIpc) is 3.08. The van der Waals surface area contributed by atoms with Crippen molar-refractivity contribution in [3.63, 3.8) is 0 Å². The zero-order valence-corrected chi connectivity index (χ0v) is 19.6. The van der Waals surface area contributed by atoms with Gasteiger partial charge in [0.2, 0.25) is 10.0 Å². The predicted molar refractivity (Wildman–Crippen MR) is 132 cm³/mol. The number of rotatable bonds is 5. The number of nitrogens with zero attached hydrogens (tertiary/aromatic N) is 2. The van der Waals surface area contributed by atoms with Gasteiger partial charge in [-0.2, -0.15) is 0 Å². The maximum absolute atomic E-state index is 12.4. The van der Waals surface area contributed by atoms with Crippen molar-refractivity contribution >= 4 is 72.8 Å². The van der Waals surface area contributed by atoms with Gasteiger partial charge in [-0.15, -0.1) is 0 Å². The highest BCUT2D eigenvalue weighted by Crippen LogP contribution is 2.33. The van der Waals surface area contributed by atoms with Gasteiger partial charge in [0.1, 0.15) is 0 Å². The molecule has 1 fully saturated rings. The molecule has 0 radical (unpaired) electrons. The van der Waals surface area contributed by atoms with Crippen LogP contribution in [0.2, 0.25) is 5.02 Å². The minimum Gasteiger partial charge on any atom is -0.300 e. The molecule has 7 nitrogen and oxygen atoms in total. The third kappa shape index (κ3) is 4.95. The van der Waals surface area contributed by atoms with Crippen LogP contribution in [0.4, 0.5) is 11.4 Å². The fraction of sp³-hybridized carbons (Fsp3) is 0.136. The standard InChI is InChI=1S/C22H19ClN4O3S2/c1-13(2)32(29,30)27-16-6-7-17(23)19(12-16)25-22-26-21(28)20(31-22)11-14-5-8-18-15(10-14)4-3-9-24-18/h3-13,27H,1-2H3,(H,25,26,28)/b20-11-. The van der Waals surface area contributed by atoms with Crippen molar-refractivity contribution < 1.29 is 13.2 Å². The zero-order chi connectivity index (χ0) is 22.9. The number of sulfonamides is 1. The molecule has 4 rings (SSSR count). The first-order chi connectivity index (χ1) is 15.2. The lowest BCUT2D eigenvalue weighted by Crippen LogP contribution is -2.22. The van der Waals surface area contributed by atoms with Crippen molar-refractivity contribution in [2.75, 3.05) is 4.72 Å². The highest BCUT2D eigenvalue weighted by Gasteiger charge is 2.24. The van der Waals surface area contributed by atoms with Crippen molar-refractivity contribution in [1.82, 2.24) is 10.3 Å². The Bertz CT molecular complexity index is 1380. The zero-order valence-electron chi connectivity index (χ0n) is 17.2. The number of thioether (sulfide) groups is 1. The molecule has 0 aliphatic carbocycles. The minimum atomic E-state index is -3.51. The van der Waals surface area contributed by atoms with Gasteiger partial charge in [0.05, 0.1) is 32.1 Å². The molecule has 10 heteroatoms. The Morgan fingerprint density at radius 1 is 1.19 bits per heavy atom. The molecule has 1 aliphatic rings. The van der Waals surface area contributed by atoms with Crippen LogP contribution in [0.5, 0.6) is 0 Å². The summed E-state index contributed by atoms with van der Waals surface area (Å²) in [5.74, 6) is -0.271. The number of pyridine rings is 1. The van der Waals surface area contributed by atoms with Gasteiger partial charge in [0.25, 0.3) is 5.91 Å². The Hall–Kier alpha value is -2.88. The van der Waals surface area contributed by atoms with Crippen molar-refractivity contribution in [3.8, 4) is 0 Å². The third-order valence-electron chi connectivity index (χ3n) is 4.62. The average molecular weight is 487 g/mol. The molecule has 2 aromatic carbocycles. The molecule has 1 aliphatic heterocycles. The van der Waals surface area contributed by atoms with E-state index in [0.29, 0.717) is 26.5 Å². The van der Waals surface area contributed by atoms with Crippen LogP contribution in [-0.4, -0.2) is 29.7 Å². The molecule has 0 bridgehead atoms. The fourth-order valence-corrected chi connectivity index (χ4v) is 4.55. The maximum atomic E-state index is 12.4. The van der Waals surface area contributed by atoms with E-state index in [1.807, 2.05) is 30.3 Å². The lowest BCUT2D eigenvalue weighted by Gasteiger charge is -2.11. The monoisotopic (exact) mass is 486 g/mol. The first kappa shape index (κ1) is 22.3. The number of fused-ring (bicyclic) bond motifs is 1. The molecule has 1 saturated heterocycles. The second kappa shape index (κ2) is 8.93. The summed E-state index contributed by atoms with van der Waals surface area (Å²) in [6, 6.07) is 14.2. The molecule has 2 N–H and O–H groups in total. The number of amidine groups is 1. The number of halogens is 1. The number of anilines is 1. The van der Waals surface area contributed by atoms with E-state index in [9.17, 15) is 13.2 Å². The number of hydrogen-bond donors (Lipinski definition) is 2. The minimum absolute atomic E-state index is 0.271. The molecule has 1 aromatic heterocycles. The van der Waals surface area contributed by atoms with Crippen LogP contribution in [-0.2, 0) is 14.8 Å². The maximum Gasteiger partial charge on any atom is 0.264 e. The number of carbonyl (C=O) groups is 1. The van der Waals surface area contributed by atoms with Crippen molar-refractivity contribution in [3.05, 3.63) is 70.2 Å². The SMILES string of the molecule is CC(C)S(=O)(=O)Nc1ccc(Cl)c(N=C2NC(=O)/C(=C/c3ccc4ncccc4c3)S2)c1. The van der Waals surface area contributed by atoms with Gasteiger partial charge in [-0.05, 0) is 73.6 Å². The Morgan fingerprint density at radius 3 is 2.78 bits per heavy atom. The number of hydrogen-bond acceptors (Lipinski definition) is 6. The van der Waals surface area contributed by atoms with Gasteiger partial charge >= 0.3 is 0 Å². The summed E-state index contributed by atoms with van der Waals surface area (Å²) in [6.45, 7) is 3.17. The van der Waals surface area contributed by atoms with Crippen molar-refractivity contribution in [2.45, 2.75) is 19.1 Å². The molecule has 0 atom stereocenters. The number of aliphatic imine (C=N–C) groups is 1. The summed E-state index contributed by atoms with van der Waals surface area (Å²) in [4.78, 5) is 21.6. The molecular formula is C22H19ClN4O3S2. The van der Waals surface area contributed by atoms with Crippen LogP contribution in [0.25, 0.3) is 17.0 Å². The Kier molecular flexibility index (Phi) is 6.23. The normalized spacial score (nSPS) is 16.8. The summed E-state index contributed by atoms with van der Waals surface area (Å²) in [7, 11) is -3.51. The smallest absolute Gasteiger partial charge is 0.264 e. The Labute approximate surface area is 195 Å².